The molecule has 0 amide bonds. The Hall–Kier alpha value is -1.05. The molecule has 4 aliphatic rings. The number of hydrogen-bond donors (Lipinski definition) is 0. The van der Waals surface area contributed by atoms with Crippen molar-refractivity contribution in [1.29, 1.82) is 0 Å². The van der Waals surface area contributed by atoms with E-state index >= 15 is 0 Å². The van der Waals surface area contributed by atoms with Crippen LogP contribution in [0.5, 0.6) is 0 Å². The Morgan fingerprint density at radius 3 is 2.92 bits per heavy atom. The first-order chi connectivity index (χ1) is 11.6. The van der Waals surface area contributed by atoms with E-state index in [2.05, 4.69) is 26.0 Å². The molecule has 0 aromatic rings. The molecule has 0 aromatic heterocycles. The molecule has 2 nitrogen and oxygen atoms in total. The van der Waals surface area contributed by atoms with Crippen molar-refractivity contribution >= 4 is 5.78 Å². The van der Waals surface area contributed by atoms with Crippen molar-refractivity contribution < 1.29 is 9.53 Å². The van der Waals surface area contributed by atoms with E-state index < -0.39 is 0 Å². The molecular formula is C22H32O2. The van der Waals surface area contributed by atoms with Crippen LogP contribution in [0.2, 0.25) is 0 Å². The van der Waals surface area contributed by atoms with E-state index in [0.29, 0.717) is 11.7 Å². The number of carbonyl (C=O) groups excluding carboxylic acids is 1. The lowest BCUT2D eigenvalue weighted by Gasteiger charge is -2.50. The average Bonchev–Trinajstić information content (AvgIpc) is 2.90. The van der Waals surface area contributed by atoms with E-state index in [1.807, 2.05) is 0 Å². The Kier molecular flexibility index (Phi) is 4.34. The summed E-state index contributed by atoms with van der Waals surface area (Å²) in [5.41, 5.74) is 1.55. The fourth-order valence-corrected chi connectivity index (χ4v) is 6.16. The molecule has 2 saturated carbocycles. The lowest BCUT2D eigenvalue weighted by molar-refractivity contribution is -0.130. The van der Waals surface area contributed by atoms with Gasteiger partial charge in [0.2, 0.25) is 0 Å². The minimum atomic E-state index is 0.00540. The van der Waals surface area contributed by atoms with Crippen LogP contribution in [-0.4, -0.2) is 12.4 Å². The number of rotatable bonds is 4. The van der Waals surface area contributed by atoms with Gasteiger partial charge in [0.1, 0.15) is 5.78 Å². The maximum atomic E-state index is 12.4. The first-order valence-corrected chi connectivity index (χ1v) is 10.2. The van der Waals surface area contributed by atoms with Crippen molar-refractivity contribution in [1.82, 2.24) is 0 Å². The zero-order chi connectivity index (χ0) is 16.7. The first-order valence-electron chi connectivity index (χ1n) is 10.2. The lowest BCUT2D eigenvalue weighted by Crippen LogP contribution is -2.45. The highest BCUT2D eigenvalue weighted by atomic mass is 16.5. The molecule has 0 heterocycles. The predicted molar refractivity (Wildman–Crippen MR) is 96.4 cm³/mol. The summed E-state index contributed by atoms with van der Waals surface area (Å²) in [4.78, 5) is 12.4. The first kappa shape index (κ1) is 16.4. The fourth-order valence-electron chi connectivity index (χ4n) is 6.16. The molecule has 0 spiro atoms. The average molecular weight is 328 g/mol. The molecule has 4 rings (SSSR count). The second kappa shape index (κ2) is 6.35. The van der Waals surface area contributed by atoms with Crippen molar-refractivity contribution in [2.75, 3.05) is 6.61 Å². The zero-order valence-electron chi connectivity index (χ0n) is 15.4. The van der Waals surface area contributed by atoms with Crippen LogP contribution >= 0.6 is 0 Å². The number of allylic oxidation sites excluding steroid dienone is 4. The molecule has 0 aliphatic heterocycles. The molecule has 2 fully saturated rings. The van der Waals surface area contributed by atoms with Gasteiger partial charge in [-0.05, 0) is 73.8 Å². The number of hydrogen-bond acceptors (Lipinski definition) is 2. The van der Waals surface area contributed by atoms with Crippen molar-refractivity contribution in [3.8, 4) is 0 Å². The van der Waals surface area contributed by atoms with E-state index in [1.165, 1.54) is 31.4 Å². The van der Waals surface area contributed by atoms with Crippen LogP contribution in [0.3, 0.4) is 0 Å². The van der Waals surface area contributed by atoms with Gasteiger partial charge in [0.15, 0.2) is 0 Å². The molecule has 24 heavy (non-hydrogen) atoms. The summed E-state index contributed by atoms with van der Waals surface area (Å²) in [7, 11) is 0. The number of unbranched alkanes of at least 4 members (excludes halogenated alkanes) is 1. The maximum absolute atomic E-state index is 12.4. The Balaban J connectivity index is 1.51. The van der Waals surface area contributed by atoms with Crippen molar-refractivity contribution in [2.24, 2.45) is 29.1 Å². The lowest BCUT2D eigenvalue weighted by atomic mass is 9.53. The third-order valence-electron chi connectivity index (χ3n) is 7.59. The topological polar surface area (TPSA) is 26.3 Å². The standard InChI is InChI=1S/C22H32O2/c1-3-4-13-24-16-6-8-17-15(14-16)5-7-19-18(17)11-12-22(2)20(19)9-10-21(22)23/h5,14,17-20H,3-4,6-13H2,1-2H3/t17-,18+,19+,20-,22-/m0/s1. The van der Waals surface area contributed by atoms with E-state index in [-0.39, 0.29) is 5.41 Å². The van der Waals surface area contributed by atoms with E-state index in [4.69, 9.17) is 4.74 Å². The zero-order valence-corrected chi connectivity index (χ0v) is 15.4. The minimum Gasteiger partial charge on any atom is -0.498 e. The van der Waals surface area contributed by atoms with Crippen LogP contribution in [0.15, 0.2) is 23.5 Å². The summed E-state index contributed by atoms with van der Waals surface area (Å²) in [6.07, 6.45) is 15.1. The Bertz CT molecular complexity index is 573. The second-order valence-corrected chi connectivity index (χ2v) is 8.75. The Morgan fingerprint density at radius 1 is 1.21 bits per heavy atom. The fraction of sp³-hybridized carbons (Fsp3) is 0.773. The monoisotopic (exact) mass is 328 g/mol. The van der Waals surface area contributed by atoms with Crippen molar-refractivity contribution in [2.45, 2.75) is 71.6 Å². The highest BCUT2D eigenvalue weighted by Gasteiger charge is 2.55. The summed E-state index contributed by atoms with van der Waals surface area (Å²) < 4.78 is 5.98. The number of Topliss-reactive ketones (excluding diaryl/α,β-unsaturated/α-hetero) is 1. The van der Waals surface area contributed by atoms with Gasteiger partial charge in [0, 0.05) is 18.3 Å². The molecule has 4 aliphatic carbocycles. The minimum absolute atomic E-state index is 0.00540. The maximum Gasteiger partial charge on any atom is 0.139 e. The van der Waals surface area contributed by atoms with Gasteiger partial charge < -0.3 is 4.74 Å². The van der Waals surface area contributed by atoms with Crippen LogP contribution in [0, 0.1) is 29.1 Å². The SMILES string of the molecule is CCCCOC1=CC2=CC[C@@H]3[C@H](CC[C@]4(C)C(=O)CC[C@@H]34)[C@H]2CC1. The summed E-state index contributed by atoms with van der Waals surface area (Å²) in [5, 5.41) is 0. The number of fused-ring (bicyclic) bond motifs is 5. The highest BCUT2D eigenvalue weighted by molar-refractivity contribution is 5.87. The van der Waals surface area contributed by atoms with Gasteiger partial charge in [-0.15, -0.1) is 0 Å². The van der Waals surface area contributed by atoms with Gasteiger partial charge >= 0.3 is 0 Å². The third-order valence-corrected chi connectivity index (χ3v) is 7.59. The van der Waals surface area contributed by atoms with Crippen LogP contribution < -0.4 is 0 Å². The van der Waals surface area contributed by atoms with Gasteiger partial charge in [0.25, 0.3) is 0 Å². The van der Waals surface area contributed by atoms with Crippen molar-refractivity contribution in [3.63, 3.8) is 0 Å². The summed E-state index contributed by atoms with van der Waals surface area (Å²) in [5.74, 6) is 4.69. The van der Waals surface area contributed by atoms with Crippen LogP contribution in [0.1, 0.15) is 71.6 Å². The molecular weight excluding hydrogens is 296 g/mol. The van der Waals surface area contributed by atoms with E-state index in [1.54, 1.807) is 5.57 Å². The number of ketones is 1. The largest absolute Gasteiger partial charge is 0.498 e. The molecule has 0 aromatic carbocycles. The van der Waals surface area contributed by atoms with Crippen LogP contribution in [0.25, 0.3) is 0 Å². The summed E-state index contributed by atoms with van der Waals surface area (Å²) >= 11 is 0. The Labute approximate surface area is 146 Å². The normalized spacial score (nSPS) is 41.0. The van der Waals surface area contributed by atoms with Crippen LogP contribution in [-0.2, 0) is 9.53 Å². The quantitative estimate of drug-likeness (QED) is 0.642. The summed E-state index contributed by atoms with van der Waals surface area (Å²) in [6, 6.07) is 0. The molecule has 0 N–H and O–H groups in total. The molecule has 0 radical (unpaired) electrons. The molecule has 2 heteroatoms. The van der Waals surface area contributed by atoms with Gasteiger partial charge in [-0.25, -0.2) is 0 Å². The third kappa shape index (κ3) is 2.57. The van der Waals surface area contributed by atoms with Crippen LogP contribution in [0.4, 0.5) is 0 Å². The Morgan fingerprint density at radius 2 is 2.08 bits per heavy atom. The second-order valence-electron chi connectivity index (χ2n) is 8.75. The number of ether oxygens (including phenoxy) is 1. The van der Waals surface area contributed by atoms with E-state index in [9.17, 15) is 4.79 Å². The van der Waals surface area contributed by atoms with Gasteiger partial charge in [-0.2, -0.15) is 0 Å². The van der Waals surface area contributed by atoms with Gasteiger partial charge in [0.05, 0.1) is 12.4 Å². The molecule has 0 unspecified atom stereocenters. The predicted octanol–water partition coefficient (Wildman–Crippen LogP) is 5.44. The highest BCUT2D eigenvalue weighted by Crippen LogP contribution is 2.59. The van der Waals surface area contributed by atoms with Gasteiger partial charge in [-0.3, -0.25) is 4.79 Å². The molecule has 0 saturated heterocycles. The molecule has 0 bridgehead atoms. The van der Waals surface area contributed by atoms with Crippen molar-refractivity contribution in [3.05, 3.63) is 23.5 Å². The molecule has 5 atom stereocenters. The number of carbonyl (C=O) groups is 1. The molecule has 132 valence electrons. The smallest absolute Gasteiger partial charge is 0.139 e. The summed E-state index contributed by atoms with van der Waals surface area (Å²) in [6.45, 7) is 5.35. The van der Waals surface area contributed by atoms with Gasteiger partial charge in [-0.1, -0.05) is 26.3 Å². The van der Waals surface area contributed by atoms with E-state index in [0.717, 1.165) is 56.5 Å².